The van der Waals surface area contributed by atoms with Crippen molar-refractivity contribution in [1.29, 1.82) is 0 Å². The molecule has 1 heterocycles. The number of phenolic OH excluding ortho intramolecular Hbond substituents is 1. The van der Waals surface area contributed by atoms with Crippen LogP contribution in [0.3, 0.4) is 0 Å². The van der Waals surface area contributed by atoms with Crippen molar-refractivity contribution in [2.45, 2.75) is 0 Å². The zero-order valence-corrected chi connectivity index (χ0v) is 13.5. The van der Waals surface area contributed by atoms with Crippen LogP contribution >= 0.6 is 0 Å². The van der Waals surface area contributed by atoms with Crippen LogP contribution in [0.25, 0.3) is 6.08 Å². The van der Waals surface area contributed by atoms with Crippen LogP contribution in [0.15, 0.2) is 48.0 Å². The summed E-state index contributed by atoms with van der Waals surface area (Å²) in [5.41, 5.74) is -0.269. The van der Waals surface area contributed by atoms with Crippen LogP contribution in [0.2, 0.25) is 0 Å². The SMILES string of the molecule is COc1cccc(/C=C2/C(=O)NC(=O)N(c3cccc(F)c3)C2=O)c1O. The Kier molecular flexibility index (Phi) is 4.40. The fourth-order valence-electron chi connectivity index (χ4n) is 2.48. The van der Waals surface area contributed by atoms with Crippen molar-refractivity contribution < 1.29 is 28.6 Å². The van der Waals surface area contributed by atoms with E-state index in [1.54, 1.807) is 6.07 Å². The molecule has 0 saturated carbocycles. The van der Waals surface area contributed by atoms with E-state index >= 15 is 0 Å². The van der Waals surface area contributed by atoms with Crippen LogP contribution in [-0.2, 0) is 9.59 Å². The van der Waals surface area contributed by atoms with Crippen LogP contribution < -0.4 is 15.0 Å². The van der Waals surface area contributed by atoms with Crippen molar-refractivity contribution in [3.63, 3.8) is 0 Å². The van der Waals surface area contributed by atoms with Crippen molar-refractivity contribution in [1.82, 2.24) is 5.32 Å². The van der Waals surface area contributed by atoms with Crippen molar-refractivity contribution in [2.24, 2.45) is 0 Å². The second-order valence-electron chi connectivity index (χ2n) is 5.34. The third-order valence-electron chi connectivity index (χ3n) is 3.72. The van der Waals surface area contributed by atoms with Gasteiger partial charge in [-0.05, 0) is 30.3 Å². The number of rotatable bonds is 3. The average Bonchev–Trinajstić information content (AvgIpc) is 2.60. The van der Waals surface area contributed by atoms with E-state index in [0.29, 0.717) is 4.90 Å². The number of urea groups is 1. The zero-order chi connectivity index (χ0) is 18.8. The number of ether oxygens (including phenoxy) is 1. The van der Waals surface area contributed by atoms with Crippen LogP contribution in [0, 0.1) is 5.82 Å². The van der Waals surface area contributed by atoms with Gasteiger partial charge in [0.2, 0.25) is 0 Å². The van der Waals surface area contributed by atoms with Crippen LogP contribution in [-0.4, -0.2) is 30.1 Å². The quantitative estimate of drug-likeness (QED) is 0.649. The number of phenols is 1. The number of methoxy groups -OCH3 is 1. The van der Waals surface area contributed by atoms with Gasteiger partial charge in [-0.25, -0.2) is 14.1 Å². The minimum atomic E-state index is -0.988. The van der Waals surface area contributed by atoms with E-state index in [1.807, 2.05) is 5.32 Å². The van der Waals surface area contributed by atoms with Gasteiger partial charge in [0.15, 0.2) is 11.5 Å². The van der Waals surface area contributed by atoms with Gasteiger partial charge in [-0.15, -0.1) is 0 Å². The molecule has 3 rings (SSSR count). The number of carbonyl (C=O) groups is 3. The molecule has 132 valence electrons. The number of amides is 4. The van der Waals surface area contributed by atoms with Gasteiger partial charge in [0.05, 0.1) is 12.8 Å². The van der Waals surface area contributed by atoms with Gasteiger partial charge in [0.25, 0.3) is 11.8 Å². The first-order valence-corrected chi connectivity index (χ1v) is 7.45. The van der Waals surface area contributed by atoms with Gasteiger partial charge >= 0.3 is 6.03 Å². The second kappa shape index (κ2) is 6.67. The van der Waals surface area contributed by atoms with Crippen LogP contribution in [0.5, 0.6) is 11.5 Å². The fourth-order valence-corrected chi connectivity index (χ4v) is 2.48. The van der Waals surface area contributed by atoms with Gasteiger partial charge in [-0.1, -0.05) is 18.2 Å². The number of nitrogens with zero attached hydrogens (tertiary/aromatic N) is 1. The maximum atomic E-state index is 13.4. The van der Waals surface area contributed by atoms with E-state index in [9.17, 15) is 23.9 Å². The molecule has 2 aromatic carbocycles. The smallest absolute Gasteiger partial charge is 0.335 e. The molecule has 1 saturated heterocycles. The first-order valence-electron chi connectivity index (χ1n) is 7.45. The topological polar surface area (TPSA) is 95.9 Å². The van der Waals surface area contributed by atoms with E-state index in [1.165, 1.54) is 31.4 Å². The number of anilines is 1. The highest BCUT2D eigenvalue weighted by atomic mass is 19.1. The molecule has 0 spiro atoms. The summed E-state index contributed by atoms with van der Waals surface area (Å²) in [6, 6.07) is 8.39. The summed E-state index contributed by atoms with van der Waals surface area (Å²) in [6.45, 7) is 0. The average molecular weight is 356 g/mol. The summed E-state index contributed by atoms with van der Waals surface area (Å²) < 4.78 is 18.4. The van der Waals surface area contributed by atoms with Crippen LogP contribution in [0.1, 0.15) is 5.56 Å². The van der Waals surface area contributed by atoms with Crippen LogP contribution in [0.4, 0.5) is 14.9 Å². The monoisotopic (exact) mass is 356 g/mol. The minimum Gasteiger partial charge on any atom is -0.504 e. The molecule has 8 heteroatoms. The number of barbiturate groups is 1. The lowest BCUT2D eigenvalue weighted by atomic mass is 10.1. The zero-order valence-electron chi connectivity index (χ0n) is 13.5. The summed E-state index contributed by atoms with van der Waals surface area (Å²) in [7, 11) is 1.36. The largest absolute Gasteiger partial charge is 0.504 e. The number of benzene rings is 2. The minimum absolute atomic E-state index is 0.0271. The predicted molar refractivity (Wildman–Crippen MR) is 90.1 cm³/mol. The Bertz CT molecular complexity index is 954. The number of hydrogen-bond donors (Lipinski definition) is 2. The lowest BCUT2D eigenvalue weighted by molar-refractivity contribution is -0.122. The lowest BCUT2D eigenvalue weighted by Crippen LogP contribution is -2.54. The number of halogens is 1. The normalized spacial score (nSPS) is 16.0. The molecule has 1 aliphatic heterocycles. The van der Waals surface area contributed by atoms with E-state index in [-0.39, 0.29) is 22.7 Å². The van der Waals surface area contributed by atoms with Gasteiger partial charge in [0, 0.05) is 5.56 Å². The number of imide groups is 2. The van der Waals surface area contributed by atoms with E-state index in [2.05, 4.69) is 0 Å². The predicted octanol–water partition coefficient (Wildman–Crippen LogP) is 2.21. The highest BCUT2D eigenvalue weighted by Crippen LogP contribution is 2.32. The van der Waals surface area contributed by atoms with Gasteiger partial charge in [-0.2, -0.15) is 0 Å². The molecular formula is C18H13FN2O5. The van der Waals surface area contributed by atoms with Gasteiger partial charge in [0.1, 0.15) is 11.4 Å². The first-order chi connectivity index (χ1) is 12.4. The Labute approximate surface area is 147 Å². The molecule has 1 fully saturated rings. The second-order valence-corrected chi connectivity index (χ2v) is 5.34. The van der Waals surface area contributed by atoms with Crippen molar-refractivity contribution in [3.8, 4) is 11.5 Å². The maximum Gasteiger partial charge on any atom is 0.335 e. The van der Waals surface area contributed by atoms with Crippen molar-refractivity contribution in [2.75, 3.05) is 12.0 Å². The Hall–Kier alpha value is -3.68. The molecule has 2 N–H and O–H groups in total. The molecule has 0 radical (unpaired) electrons. The molecular weight excluding hydrogens is 343 g/mol. The molecule has 4 amide bonds. The third kappa shape index (κ3) is 3.00. The van der Waals surface area contributed by atoms with E-state index in [4.69, 9.17) is 4.74 Å². The number of nitrogens with one attached hydrogen (secondary N) is 1. The Morgan fingerprint density at radius 1 is 1.15 bits per heavy atom. The lowest BCUT2D eigenvalue weighted by Gasteiger charge is -2.26. The Morgan fingerprint density at radius 3 is 2.58 bits per heavy atom. The summed E-state index contributed by atoms with van der Waals surface area (Å²) in [5.74, 6) is -2.62. The molecule has 0 bridgehead atoms. The number of aromatic hydroxyl groups is 1. The summed E-state index contributed by atoms with van der Waals surface area (Å²) in [5, 5.41) is 12.1. The van der Waals surface area contributed by atoms with Crippen molar-refractivity contribution >= 4 is 29.6 Å². The number of carbonyl (C=O) groups excluding carboxylic acids is 3. The summed E-state index contributed by atoms with van der Waals surface area (Å²) >= 11 is 0. The Morgan fingerprint density at radius 2 is 1.88 bits per heavy atom. The van der Waals surface area contributed by atoms with Gasteiger partial charge < -0.3 is 9.84 Å². The molecule has 7 nitrogen and oxygen atoms in total. The highest BCUT2D eigenvalue weighted by Gasteiger charge is 2.37. The summed E-state index contributed by atoms with van der Waals surface area (Å²) in [6.07, 6.45) is 1.13. The molecule has 1 aliphatic rings. The van der Waals surface area contributed by atoms with Crippen molar-refractivity contribution in [3.05, 3.63) is 59.4 Å². The standard InChI is InChI=1S/C18H13FN2O5/c1-26-14-7-2-4-10(15(14)22)8-13-16(23)20-18(25)21(17(13)24)12-6-3-5-11(19)9-12/h2-9,22H,1H3,(H,20,23,25)/b13-8-. The van der Waals surface area contributed by atoms with Gasteiger partial charge in [-0.3, -0.25) is 14.9 Å². The maximum absolute atomic E-state index is 13.4. The molecule has 0 atom stereocenters. The molecule has 0 unspecified atom stereocenters. The van der Waals surface area contributed by atoms with E-state index < -0.39 is 29.2 Å². The molecule has 26 heavy (non-hydrogen) atoms. The molecule has 2 aromatic rings. The first kappa shape index (κ1) is 17.2. The molecule has 0 aliphatic carbocycles. The number of hydrogen-bond acceptors (Lipinski definition) is 5. The third-order valence-corrected chi connectivity index (χ3v) is 3.72. The highest BCUT2D eigenvalue weighted by molar-refractivity contribution is 6.39. The Balaban J connectivity index is 2.06. The van der Waals surface area contributed by atoms with E-state index in [0.717, 1.165) is 18.2 Å². The summed E-state index contributed by atoms with van der Waals surface area (Å²) in [4.78, 5) is 37.5. The molecule has 0 aromatic heterocycles. The number of para-hydroxylation sites is 1. The fraction of sp³-hybridized carbons (Fsp3) is 0.0556.